The molecule has 1 N–H and O–H groups in total. The van der Waals surface area contributed by atoms with Crippen molar-refractivity contribution >= 4 is 11.0 Å². The van der Waals surface area contributed by atoms with Crippen molar-refractivity contribution in [3.8, 4) is 11.5 Å². The number of rotatable bonds is 2. The smallest absolute Gasteiger partial charge is 0.336 e. The second-order valence-corrected chi connectivity index (χ2v) is 7.69. The SMILES string of the molecule is CC.CCCc1cc(=O)oc2c3c(c4c(c12)OC(C)CC4)O[C@H](C)[C@@H](C)[C@@H]3O. The highest BCUT2D eigenvalue weighted by molar-refractivity contribution is 5.94. The van der Waals surface area contributed by atoms with Gasteiger partial charge in [-0.2, -0.15) is 0 Å². The minimum atomic E-state index is -0.735. The van der Waals surface area contributed by atoms with Gasteiger partial charge in [0.1, 0.15) is 17.6 Å². The number of hydrogen-bond donors (Lipinski definition) is 1. The Morgan fingerprint density at radius 3 is 2.54 bits per heavy atom. The van der Waals surface area contributed by atoms with E-state index in [1.807, 2.05) is 34.6 Å². The van der Waals surface area contributed by atoms with Crippen molar-refractivity contribution in [1.82, 2.24) is 0 Å². The molecule has 1 aromatic carbocycles. The first kappa shape index (κ1) is 20.7. The molecule has 154 valence electrons. The van der Waals surface area contributed by atoms with Crippen molar-refractivity contribution in [2.75, 3.05) is 0 Å². The van der Waals surface area contributed by atoms with E-state index in [4.69, 9.17) is 13.9 Å². The Hall–Kier alpha value is -2.01. The number of benzene rings is 1. The molecule has 0 radical (unpaired) electrons. The zero-order valence-corrected chi connectivity index (χ0v) is 17.8. The standard InChI is InChI=1S/C21H26O5.C2H6/c1-5-6-13-9-15(22)26-21-16(13)19-14(8-7-10(2)24-19)20-17(21)18(23)11(3)12(4)25-20;1-2/h9-12,18,23H,5-8H2,1-4H3;1-2H3/t10?,11-,12-,18+;/m1./s1. The van der Waals surface area contributed by atoms with Gasteiger partial charge in [0.15, 0.2) is 5.58 Å². The molecule has 5 heteroatoms. The molecule has 28 heavy (non-hydrogen) atoms. The lowest BCUT2D eigenvalue weighted by atomic mass is 9.84. The van der Waals surface area contributed by atoms with Crippen molar-refractivity contribution in [2.45, 2.75) is 85.5 Å². The van der Waals surface area contributed by atoms with E-state index >= 15 is 0 Å². The molecule has 0 fully saturated rings. The minimum Gasteiger partial charge on any atom is -0.489 e. The van der Waals surface area contributed by atoms with Crippen LogP contribution in [0.2, 0.25) is 0 Å². The molecule has 0 spiro atoms. The zero-order valence-electron chi connectivity index (χ0n) is 17.8. The second-order valence-electron chi connectivity index (χ2n) is 7.69. The third-order valence-corrected chi connectivity index (χ3v) is 5.78. The Kier molecular flexibility index (Phi) is 6.04. The van der Waals surface area contributed by atoms with Crippen LogP contribution < -0.4 is 15.1 Å². The Morgan fingerprint density at radius 2 is 1.86 bits per heavy atom. The maximum absolute atomic E-state index is 12.2. The Balaban J connectivity index is 0.00000109. The minimum absolute atomic E-state index is 0.0904. The molecule has 0 amide bonds. The highest BCUT2D eigenvalue weighted by Gasteiger charge is 2.39. The predicted octanol–water partition coefficient (Wildman–Crippen LogP) is 4.94. The summed E-state index contributed by atoms with van der Waals surface area (Å²) in [4.78, 5) is 12.2. The molecule has 2 aliphatic rings. The fourth-order valence-corrected chi connectivity index (χ4v) is 4.15. The zero-order chi connectivity index (χ0) is 20.6. The lowest BCUT2D eigenvalue weighted by molar-refractivity contribution is 0.0164. The molecule has 0 aliphatic carbocycles. The first-order valence-electron chi connectivity index (χ1n) is 10.6. The van der Waals surface area contributed by atoms with Gasteiger partial charge in [-0.25, -0.2) is 4.79 Å². The fraction of sp³-hybridized carbons (Fsp3) is 0.609. The van der Waals surface area contributed by atoms with Gasteiger partial charge in [-0.1, -0.05) is 34.1 Å². The molecule has 0 bridgehead atoms. The first-order valence-corrected chi connectivity index (χ1v) is 10.6. The summed E-state index contributed by atoms with van der Waals surface area (Å²) in [6.07, 6.45) is 2.63. The van der Waals surface area contributed by atoms with Gasteiger partial charge in [-0.3, -0.25) is 0 Å². The predicted molar refractivity (Wildman–Crippen MR) is 110 cm³/mol. The van der Waals surface area contributed by atoms with Crippen LogP contribution in [-0.4, -0.2) is 17.3 Å². The van der Waals surface area contributed by atoms with Crippen molar-refractivity contribution in [1.29, 1.82) is 0 Å². The van der Waals surface area contributed by atoms with Crippen LogP contribution in [0.5, 0.6) is 11.5 Å². The summed E-state index contributed by atoms with van der Waals surface area (Å²) in [7, 11) is 0. The number of aryl methyl sites for hydroxylation is 1. The van der Waals surface area contributed by atoms with E-state index in [9.17, 15) is 9.90 Å². The molecular weight excluding hydrogens is 356 g/mol. The summed E-state index contributed by atoms with van der Waals surface area (Å²) in [5.74, 6) is 1.32. The molecule has 4 rings (SSSR count). The second kappa shape index (κ2) is 8.16. The molecule has 2 aromatic rings. The molecule has 2 aliphatic heterocycles. The number of fused-ring (bicyclic) bond motifs is 6. The normalized spacial score (nSPS) is 25.7. The molecule has 0 saturated heterocycles. The van der Waals surface area contributed by atoms with Crippen LogP contribution in [0, 0.1) is 5.92 Å². The van der Waals surface area contributed by atoms with Crippen LogP contribution in [0.3, 0.4) is 0 Å². The third kappa shape index (κ3) is 3.30. The molecule has 4 atom stereocenters. The van der Waals surface area contributed by atoms with E-state index in [0.29, 0.717) is 16.9 Å². The van der Waals surface area contributed by atoms with E-state index < -0.39 is 11.7 Å². The largest absolute Gasteiger partial charge is 0.489 e. The van der Waals surface area contributed by atoms with Crippen LogP contribution in [0.25, 0.3) is 11.0 Å². The average Bonchev–Trinajstić information content (AvgIpc) is 2.67. The summed E-state index contributed by atoms with van der Waals surface area (Å²) >= 11 is 0. The van der Waals surface area contributed by atoms with Gasteiger partial charge < -0.3 is 19.0 Å². The number of aliphatic hydroxyl groups is 1. The van der Waals surface area contributed by atoms with Crippen LogP contribution in [0.15, 0.2) is 15.3 Å². The lowest BCUT2D eigenvalue weighted by Crippen LogP contribution is -2.34. The molecule has 3 heterocycles. The summed E-state index contributed by atoms with van der Waals surface area (Å²) in [5, 5.41) is 11.8. The Bertz CT molecular complexity index is 914. The highest BCUT2D eigenvalue weighted by Crippen LogP contribution is 2.51. The van der Waals surface area contributed by atoms with Gasteiger partial charge in [-0.15, -0.1) is 0 Å². The van der Waals surface area contributed by atoms with Crippen LogP contribution in [-0.2, 0) is 12.8 Å². The first-order chi connectivity index (χ1) is 13.4. The van der Waals surface area contributed by atoms with E-state index in [-0.39, 0.29) is 18.1 Å². The van der Waals surface area contributed by atoms with Gasteiger partial charge >= 0.3 is 5.63 Å². The number of ether oxygens (including phenoxy) is 2. The summed E-state index contributed by atoms with van der Waals surface area (Å²) in [6.45, 7) is 12.0. The van der Waals surface area contributed by atoms with Crippen LogP contribution >= 0.6 is 0 Å². The quantitative estimate of drug-likeness (QED) is 0.738. The number of hydrogen-bond acceptors (Lipinski definition) is 5. The van der Waals surface area contributed by atoms with E-state index in [2.05, 4.69) is 6.92 Å². The third-order valence-electron chi connectivity index (χ3n) is 5.78. The summed E-state index contributed by atoms with van der Waals surface area (Å²) in [6, 6.07) is 1.56. The Morgan fingerprint density at radius 1 is 1.14 bits per heavy atom. The van der Waals surface area contributed by atoms with E-state index in [0.717, 1.165) is 47.9 Å². The van der Waals surface area contributed by atoms with Gasteiger partial charge in [0.2, 0.25) is 0 Å². The van der Waals surface area contributed by atoms with Gasteiger partial charge in [-0.05, 0) is 38.7 Å². The van der Waals surface area contributed by atoms with Crippen LogP contribution in [0.4, 0.5) is 0 Å². The Labute approximate surface area is 166 Å². The van der Waals surface area contributed by atoms with E-state index in [1.54, 1.807) is 6.07 Å². The molecule has 0 saturated carbocycles. The molecule has 1 aromatic heterocycles. The average molecular weight is 389 g/mol. The number of aliphatic hydroxyl groups excluding tert-OH is 1. The maximum Gasteiger partial charge on any atom is 0.336 e. The summed E-state index contributed by atoms with van der Waals surface area (Å²) < 4.78 is 18.0. The van der Waals surface area contributed by atoms with Crippen molar-refractivity contribution in [3.63, 3.8) is 0 Å². The monoisotopic (exact) mass is 388 g/mol. The topological polar surface area (TPSA) is 68.9 Å². The molecule has 1 unspecified atom stereocenters. The van der Waals surface area contributed by atoms with Gasteiger partial charge in [0.05, 0.1) is 23.2 Å². The van der Waals surface area contributed by atoms with Gasteiger partial charge in [0.25, 0.3) is 0 Å². The molecular formula is C23H32O5. The summed E-state index contributed by atoms with van der Waals surface area (Å²) in [5.41, 5.74) is 2.55. The van der Waals surface area contributed by atoms with Crippen LogP contribution in [0.1, 0.15) is 77.2 Å². The maximum atomic E-state index is 12.2. The van der Waals surface area contributed by atoms with Gasteiger partial charge in [0, 0.05) is 17.5 Å². The fourth-order valence-electron chi connectivity index (χ4n) is 4.15. The van der Waals surface area contributed by atoms with Crippen molar-refractivity contribution in [2.24, 2.45) is 5.92 Å². The lowest BCUT2D eigenvalue weighted by Gasteiger charge is -2.37. The van der Waals surface area contributed by atoms with Crippen molar-refractivity contribution < 1.29 is 19.0 Å². The van der Waals surface area contributed by atoms with Crippen molar-refractivity contribution in [3.05, 3.63) is 33.2 Å². The van der Waals surface area contributed by atoms with E-state index in [1.165, 1.54) is 0 Å². The molecule has 5 nitrogen and oxygen atoms in total. The highest BCUT2D eigenvalue weighted by atomic mass is 16.5.